The van der Waals surface area contributed by atoms with Crippen LogP contribution in [-0.2, 0) is 6.42 Å². The second kappa shape index (κ2) is 7.25. The fourth-order valence-electron chi connectivity index (χ4n) is 2.80. The Morgan fingerprint density at radius 2 is 2.00 bits per heavy atom. The van der Waals surface area contributed by atoms with Gasteiger partial charge < -0.3 is 5.32 Å². The molecular formula is C16H21FN2. The number of benzene rings is 1. The highest BCUT2D eigenvalue weighted by Gasteiger charge is 2.22. The van der Waals surface area contributed by atoms with E-state index in [-0.39, 0.29) is 17.8 Å². The van der Waals surface area contributed by atoms with Crippen LogP contribution < -0.4 is 5.32 Å². The molecule has 1 fully saturated rings. The molecule has 0 saturated heterocycles. The molecule has 1 saturated carbocycles. The van der Waals surface area contributed by atoms with E-state index < -0.39 is 0 Å². The summed E-state index contributed by atoms with van der Waals surface area (Å²) in [5.74, 6) is -0.0230. The van der Waals surface area contributed by atoms with Crippen LogP contribution in [-0.4, -0.2) is 12.6 Å². The van der Waals surface area contributed by atoms with Gasteiger partial charge in [0.15, 0.2) is 0 Å². The Bertz CT molecular complexity index is 439. The van der Waals surface area contributed by atoms with Crippen molar-refractivity contribution < 1.29 is 4.39 Å². The molecule has 1 aromatic carbocycles. The fraction of sp³-hybridized carbons (Fsp3) is 0.562. The van der Waals surface area contributed by atoms with E-state index in [9.17, 15) is 9.65 Å². The highest BCUT2D eigenvalue weighted by atomic mass is 19.1. The standard InChI is InChI=1S/C16H21FN2/c17-15-8-5-4-6-13(15)10-11-19-16-9-3-1-2-7-14(16)12-18/h4-6,8,14,16,19H,1-3,7,9-11H2. The lowest BCUT2D eigenvalue weighted by Crippen LogP contribution is -2.36. The molecule has 102 valence electrons. The van der Waals surface area contributed by atoms with E-state index in [1.165, 1.54) is 18.9 Å². The number of nitrogens with one attached hydrogen (secondary N) is 1. The zero-order valence-corrected chi connectivity index (χ0v) is 11.2. The number of hydrogen-bond donors (Lipinski definition) is 1. The van der Waals surface area contributed by atoms with Crippen LogP contribution in [0.15, 0.2) is 24.3 Å². The molecule has 0 spiro atoms. The van der Waals surface area contributed by atoms with E-state index in [2.05, 4.69) is 11.4 Å². The van der Waals surface area contributed by atoms with Crippen molar-refractivity contribution in [1.82, 2.24) is 5.32 Å². The quantitative estimate of drug-likeness (QED) is 0.842. The predicted octanol–water partition coefficient (Wildman–Crippen LogP) is 3.43. The summed E-state index contributed by atoms with van der Waals surface area (Å²) in [5.41, 5.74) is 0.747. The highest BCUT2D eigenvalue weighted by molar-refractivity contribution is 5.17. The van der Waals surface area contributed by atoms with Crippen molar-refractivity contribution in [3.8, 4) is 6.07 Å². The van der Waals surface area contributed by atoms with E-state index >= 15 is 0 Å². The molecule has 2 nitrogen and oxygen atoms in total. The SMILES string of the molecule is N#CC1CCCCCC1NCCc1ccccc1F. The van der Waals surface area contributed by atoms with Crippen LogP contribution in [0.2, 0.25) is 0 Å². The monoisotopic (exact) mass is 260 g/mol. The van der Waals surface area contributed by atoms with Gasteiger partial charge in [0.1, 0.15) is 5.82 Å². The van der Waals surface area contributed by atoms with Gasteiger partial charge in [-0.1, -0.05) is 37.5 Å². The molecule has 3 heteroatoms. The van der Waals surface area contributed by atoms with Gasteiger partial charge in [-0.2, -0.15) is 5.26 Å². The Kier molecular flexibility index (Phi) is 5.35. The minimum Gasteiger partial charge on any atom is -0.312 e. The summed E-state index contributed by atoms with van der Waals surface area (Å²) in [6, 6.07) is 9.59. The summed E-state index contributed by atoms with van der Waals surface area (Å²) in [6.07, 6.45) is 6.31. The third kappa shape index (κ3) is 4.04. The smallest absolute Gasteiger partial charge is 0.126 e. The third-order valence-electron chi connectivity index (χ3n) is 3.94. The minimum atomic E-state index is -0.137. The summed E-state index contributed by atoms with van der Waals surface area (Å²) < 4.78 is 13.5. The van der Waals surface area contributed by atoms with Crippen LogP contribution in [0.5, 0.6) is 0 Å². The lowest BCUT2D eigenvalue weighted by Gasteiger charge is -2.20. The second-order valence-electron chi connectivity index (χ2n) is 5.28. The molecule has 0 amide bonds. The number of nitrogens with zero attached hydrogens (tertiary/aromatic N) is 1. The summed E-state index contributed by atoms with van der Waals surface area (Å²) in [4.78, 5) is 0. The molecule has 2 atom stereocenters. The molecule has 0 aromatic heterocycles. The molecule has 1 aliphatic carbocycles. The Balaban J connectivity index is 1.84. The van der Waals surface area contributed by atoms with Gasteiger partial charge in [0.2, 0.25) is 0 Å². The number of halogens is 1. The first-order valence-corrected chi connectivity index (χ1v) is 7.17. The molecule has 2 rings (SSSR count). The Labute approximate surface area is 114 Å². The molecule has 0 radical (unpaired) electrons. The topological polar surface area (TPSA) is 35.8 Å². The molecule has 1 N–H and O–H groups in total. The third-order valence-corrected chi connectivity index (χ3v) is 3.94. The van der Waals surface area contributed by atoms with Crippen LogP contribution in [0, 0.1) is 23.1 Å². The van der Waals surface area contributed by atoms with Crippen molar-refractivity contribution in [2.45, 2.75) is 44.6 Å². The zero-order chi connectivity index (χ0) is 13.5. The minimum absolute atomic E-state index is 0.114. The lowest BCUT2D eigenvalue weighted by molar-refractivity contribution is 0.396. The summed E-state index contributed by atoms with van der Waals surface area (Å²) in [5, 5.41) is 12.6. The average Bonchev–Trinajstić information content (AvgIpc) is 2.66. The predicted molar refractivity (Wildman–Crippen MR) is 74.1 cm³/mol. The van der Waals surface area contributed by atoms with E-state index in [1.807, 2.05) is 12.1 Å². The molecule has 1 aliphatic rings. The fourth-order valence-corrected chi connectivity index (χ4v) is 2.80. The van der Waals surface area contributed by atoms with Crippen LogP contribution in [0.3, 0.4) is 0 Å². The van der Waals surface area contributed by atoms with Crippen molar-refractivity contribution in [3.63, 3.8) is 0 Å². The molecule has 19 heavy (non-hydrogen) atoms. The van der Waals surface area contributed by atoms with Crippen LogP contribution >= 0.6 is 0 Å². The number of hydrogen-bond acceptors (Lipinski definition) is 2. The van der Waals surface area contributed by atoms with Gasteiger partial charge in [-0.25, -0.2) is 4.39 Å². The van der Waals surface area contributed by atoms with Crippen LogP contribution in [0.25, 0.3) is 0 Å². The van der Waals surface area contributed by atoms with Gasteiger partial charge in [-0.3, -0.25) is 0 Å². The van der Waals surface area contributed by atoms with Crippen LogP contribution in [0.1, 0.15) is 37.7 Å². The van der Waals surface area contributed by atoms with Gasteiger partial charge >= 0.3 is 0 Å². The largest absolute Gasteiger partial charge is 0.312 e. The van der Waals surface area contributed by atoms with Crippen LogP contribution in [0.4, 0.5) is 4.39 Å². The van der Waals surface area contributed by atoms with E-state index in [4.69, 9.17) is 0 Å². The second-order valence-corrected chi connectivity index (χ2v) is 5.28. The maximum atomic E-state index is 13.5. The van der Waals surface area contributed by atoms with Gasteiger partial charge in [-0.05, 0) is 37.4 Å². The van der Waals surface area contributed by atoms with E-state index in [0.29, 0.717) is 6.42 Å². The first-order valence-electron chi connectivity index (χ1n) is 7.17. The number of nitriles is 1. The van der Waals surface area contributed by atoms with Crippen molar-refractivity contribution in [2.24, 2.45) is 5.92 Å². The average molecular weight is 260 g/mol. The highest BCUT2D eigenvalue weighted by Crippen LogP contribution is 2.22. The van der Waals surface area contributed by atoms with Crippen molar-refractivity contribution in [1.29, 1.82) is 5.26 Å². The van der Waals surface area contributed by atoms with Gasteiger partial charge in [0.05, 0.1) is 12.0 Å². The first-order chi connectivity index (χ1) is 9.31. The molecule has 0 bridgehead atoms. The molecule has 1 aromatic rings. The zero-order valence-electron chi connectivity index (χ0n) is 11.2. The van der Waals surface area contributed by atoms with Gasteiger partial charge in [0.25, 0.3) is 0 Å². The van der Waals surface area contributed by atoms with Crippen molar-refractivity contribution >= 4 is 0 Å². The Morgan fingerprint density at radius 3 is 2.79 bits per heavy atom. The van der Waals surface area contributed by atoms with Crippen molar-refractivity contribution in [3.05, 3.63) is 35.6 Å². The molecular weight excluding hydrogens is 239 g/mol. The van der Waals surface area contributed by atoms with Crippen molar-refractivity contribution in [2.75, 3.05) is 6.54 Å². The summed E-state index contributed by atoms with van der Waals surface area (Å²) in [7, 11) is 0. The van der Waals surface area contributed by atoms with E-state index in [0.717, 1.165) is 31.4 Å². The lowest BCUT2D eigenvalue weighted by atomic mass is 9.96. The maximum Gasteiger partial charge on any atom is 0.126 e. The summed E-state index contributed by atoms with van der Waals surface area (Å²) in [6.45, 7) is 0.740. The molecule has 2 unspecified atom stereocenters. The number of rotatable bonds is 4. The summed E-state index contributed by atoms with van der Waals surface area (Å²) >= 11 is 0. The van der Waals surface area contributed by atoms with E-state index in [1.54, 1.807) is 6.07 Å². The maximum absolute atomic E-state index is 13.5. The van der Waals surface area contributed by atoms with Gasteiger partial charge in [0, 0.05) is 6.04 Å². The Hall–Kier alpha value is -1.40. The van der Waals surface area contributed by atoms with Gasteiger partial charge in [-0.15, -0.1) is 0 Å². The normalized spacial score (nSPS) is 23.6. The first kappa shape index (κ1) is 14.0. The molecule has 0 aliphatic heterocycles. The Morgan fingerprint density at radius 1 is 1.21 bits per heavy atom. The molecule has 0 heterocycles.